The first-order chi connectivity index (χ1) is 17.4. The minimum absolute atomic E-state index is 0.109. The average Bonchev–Trinajstić information content (AvgIpc) is 3.35. The van der Waals surface area contributed by atoms with Crippen molar-refractivity contribution in [2.45, 2.75) is 39.7 Å². The zero-order valence-electron chi connectivity index (χ0n) is 20.4. The van der Waals surface area contributed by atoms with Crippen molar-refractivity contribution in [3.8, 4) is 0 Å². The Labute approximate surface area is 219 Å². The fraction of sp³-hybridized carbons (Fsp3) is 0.321. The molecule has 2 aromatic carbocycles. The molecular weight excluding hydrogens is 494 g/mol. The van der Waals surface area contributed by atoms with Crippen LogP contribution in [-0.4, -0.2) is 39.6 Å². The second-order valence-corrected chi connectivity index (χ2v) is 10.9. The Morgan fingerprint density at radius 3 is 2.61 bits per heavy atom. The number of thioether (sulfide) groups is 1. The summed E-state index contributed by atoms with van der Waals surface area (Å²) in [4.78, 5) is 42.6. The Hall–Kier alpha value is -3.03. The molecule has 1 aromatic heterocycles. The minimum Gasteiger partial charge on any atom is -0.341 e. The molecule has 5 rings (SSSR count). The van der Waals surface area contributed by atoms with Gasteiger partial charge in [0, 0.05) is 35.3 Å². The van der Waals surface area contributed by atoms with Crippen LogP contribution in [0.2, 0.25) is 5.02 Å². The summed E-state index contributed by atoms with van der Waals surface area (Å²) in [5, 5.41) is 1.06. The topological polar surface area (TPSA) is 62.6 Å². The molecule has 0 spiro atoms. The summed E-state index contributed by atoms with van der Waals surface area (Å²) in [5.41, 5.74) is 3.40. The Morgan fingerprint density at radius 1 is 1.14 bits per heavy atom. The van der Waals surface area contributed by atoms with Gasteiger partial charge in [-0.2, -0.15) is 0 Å². The fourth-order valence-corrected chi connectivity index (χ4v) is 5.96. The van der Waals surface area contributed by atoms with Gasteiger partial charge in [0.1, 0.15) is 6.54 Å². The predicted octanol–water partition coefficient (Wildman–Crippen LogP) is 6.36. The normalized spacial score (nSPS) is 18.1. The van der Waals surface area contributed by atoms with Crippen LogP contribution < -0.4 is 4.90 Å². The molecule has 0 saturated carbocycles. The maximum Gasteiger partial charge on any atom is 0.298 e. The highest BCUT2D eigenvalue weighted by atomic mass is 35.5. The van der Waals surface area contributed by atoms with Crippen molar-refractivity contribution >= 4 is 63.1 Å². The van der Waals surface area contributed by atoms with Gasteiger partial charge in [-0.25, -0.2) is 4.90 Å². The maximum atomic E-state index is 13.2. The largest absolute Gasteiger partial charge is 0.341 e. The molecule has 0 radical (unpaired) electrons. The summed E-state index contributed by atoms with van der Waals surface area (Å²) < 4.78 is 2.00. The lowest BCUT2D eigenvalue weighted by Crippen LogP contribution is -2.39. The molecule has 2 aliphatic heterocycles. The summed E-state index contributed by atoms with van der Waals surface area (Å²) in [6.45, 7) is 6.16. The quantitative estimate of drug-likeness (QED) is 0.367. The molecule has 2 saturated heterocycles. The smallest absolute Gasteiger partial charge is 0.298 e. The van der Waals surface area contributed by atoms with Crippen molar-refractivity contribution in [1.82, 2.24) is 9.47 Å². The summed E-state index contributed by atoms with van der Waals surface area (Å²) in [5.74, 6) is 0.387. The van der Waals surface area contributed by atoms with E-state index >= 15 is 0 Å². The van der Waals surface area contributed by atoms with Gasteiger partial charge in [0.2, 0.25) is 5.91 Å². The molecule has 2 fully saturated rings. The van der Waals surface area contributed by atoms with Crippen molar-refractivity contribution in [3.63, 3.8) is 0 Å². The second kappa shape index (κ2) is 10.1. The molecule has 8 heteroatoms. The molecule has 3 aromatic rings. The number of rotatable bonds is 5. The number of hydrogen-bond acceptors (Lipinski definition) is 4. The lowest BCUT2D eigenvalue weighted by molar-refractivity contribution is -0.133. The molecule has 3 amide bonds. The molecule has 0 aliphatic carbocycles. The standard InChI is InChI=1S/C28H28ClN3O3S/c1-3-19-6-4-9-23-20(16-31(26(19)23)17-25(33)30-12-10-18(2)11-13-30)14-24-27(34)32(28(35)36-24)22-8-5-7-21(29)15-22/h4-9,14-16,18H,3,10-13,17H2,1-2H3/b24-14-. The van der Waals surface area contributed by atoms with Crippen LogP contribution in [0, 0.1) is 5.92 Å². The fourth-order valence-electron chi connectivity index (χ4n) is 4.94. The van der Waals surface area contributed by atoms with Crippen LogP contribution in [0.3, 0.4) is 0 Å². The highest BCUT2D eigenvalue weighted by Crippen LogP contribution is 2.38. The van der Waals surface area contributed by atoms with E-state index in [1.165, 1.54) is 0 Å². The average molecular weight is 522 g/mol. The third-order valence-corrected chi connectivity index (χ3v) is 8.09. The minimum atomic E-state index is -0.377. The first-order valence-electron chi connectivity index (χ1n) is 12.3. The van der Waals surface area contributed by atoms with Crippen molar-refractivity contribution in [2.24, 2.45) is 5.92 Å². The Balaban J connectivity index is 1.49. The molecule has 2 aliphatic rings. The van der Waals surface area contributed by atoms with E-state index in [0.717, 1.165) is 71.0 Å². The van der Waals surface area contributed by atoms with Gasteiger partial charge < -0.3 is 9.47 Å². The van der Waals surface area contributed by atoms with Gasteiger partial charge in [0.15, 0.2) is 0 Å². The molecule has 6 nitrogen and oxygen atoms in total. The zero-order valence-corrected chi connectivity index (χ0v) is 21.9. The third kappa shape index (κ3) is 4.70. The monoisotopic (exact) mass is 521 g/mol. The van der Waals surface area contributed by atoms with Gasteiger partial charge in [-0.1, -0.05) is 49.7 Å². The van der Waals surface area contributed by atoms with E-state index < -0.39 is 0 Å². The molecule has 0 unspecified atom stereocenters. The molecule has 36 heavy (non-hydrogen) atoms. The lowest BCUT2D eigenvalue weighted by atomic mass is 9.99. The number of para-hydroxylation sites is 1. The molecule has 0 atom stereocenters. The number of imide groups is 1. The van der Waals surface area contributed by atoms with E-state index in [1.807, 2.05) is 27.8 Å². The number of anilines is 1. The molecule has 0 N–H and O–H groups in total. The summed E-state index contributed by atoms with van der Waals surface area (Å²) in [6, 6.07) is 12.8. The number of fused-ring (bicyclic) bond motifs is 1. The summed E-state index contributed by atoms with van der Waals surface area (Å²) in [7, 11) is 0. The number of carbonyl (C=O) groups is 3. The highest BCUT2D eigenvalue weighted by molar-refractivity contribution is 8.19. The molecule has 0 bridgehead atoms. The maximum absolute atomic E-state index is 13.2. The number of amides is 3. The zero-order chi connectivity index (χ0) is 25.4. The van der Waals surface area contributed by atoms with Crippen LogP contribution in [-0.2, 0) is 22.6 Å². The first-order valence-corrected chi connectivity index (χ1v) is 13.5. The van der Waals surface area contributed by atoms with Crippen LogP contribution in [0.5, 0.6) is 0 Å². The van der Waals surface area contributed by atoms with Gasteiger partial charge >= 0.3 is 0 Å². The van der Waals surface area contributed by atoms with Gasteiger partial charge in [0.05, 0.1) is 16.1 Å². The summed E-state index contributed by atoms with van der Waals surface area (Å²) in [6.07, 6.45) is 6.59. The highest BCUT2D eigenvalue weighted by Gasteiger charge is 2.36. The summed E-state index contributed by atoms with van der Waals surface area (Å²) >= 11 is 6.99. The van der Waals surface area contributed by atoms with Gasteiger partial charge in [-0.05, 0) is 66.8 Å². The second-order valence-electron chi connectivity index (χ2n) is 9.44. The molecule has 186 valence electrons. The van der Waals surface area contributed by atoms with Gasteiger partial charge in [-0.15, -0.1) is 0 Å². The molecule has 3 heterocycles. The number of piperidine rings is 1. The number of carbonyl (C=O) groups excluding carboxylic acids is 3. The lowest BCUT2D eigenvalue weighted by Gasteiger charge is -2.30. The van der Waals surface area contributed by atoms with E-state index in [-0.39, 0.29) is 23.6 Å². The van der Waals surface area contributed by atoms with E-state index in [2.05, 4.69) is 19.9 Å². The number of aromatic nitrogens is 1. The van der Waals surface area contributed by atoms with Crippen LogP contribution in [0.25, 0.3) is 17.0 Å². The van der Waals surface area contributed by atoms with E-state index in [0.29, 0.717) is 21.5 Å². The number of nitrogens with zero attached hydrogens (tertiary/aromatic N) is 3. The van der Waals surface area contributed by atoms with E-state index in [9.17, 15) is 14.4 Å². The third-order valence-electron chi connectivity index (χ3n) is 6.98. The van der Waals surface area contributed by atoms with Gasteiger partial charge in [-0.3, -0.25) is 14.4 Å². The van der Waals surface area contributed by atoms with Crippen LogP contribution in [0.1, 0.15) is 37.8 Å². The van der Waals surface area contributed by atoms with Crippen LogP contribution >= 0.6 is 23.4 Å². The Kier molecular flexibility index (Phi) is 6.95. The SMILES string of the molecule is CCc1cccc2c(/C=C3\SC(=O)N(c4cccc(Cl)c4)C3=O)cn(CC(=O)N3CCC(C)CC3)c12. The van der Waals surface area contributed by atoms with Crippen molar-refractivity contribution in [2.75, 3.05) is 18.0 Å². The Bertz CT molecular complexity index is 1390. The number of hydrogen-bond donors (Lipinski definition) is 0. The van der Waals surface area contributed by atoms with E-state index in [4.69, 9.17) is 11.6 Å². The number of aryl methyl sites for hydroxylation is 1. The molecular formula is C28H28ClN3O3S. The van der Waals surface area contributed by atoms with Gasteiger partial charge in [0.25, 0.3) is 11.1 Å². The van der Waals surface area contributed by atoms with E-state index in [1.54, 1.807) is 30.3 Å². The number of likely N-dealkylation sites (tertiary alicyclic amines) is 1. The number of halogens is 1. The van der Waals surface area contributed by atoms with Crippen molar-refractivity contribution in [3.05, 3.63) is 69.7 Å². The van der Waals surface area contributed by atoms with Crippen molar-refractivity contribution in [1.29, 1.82) is 0 Å². The van der Waals surface area contributed by atoms with Crippen LogP contribution in [0.15, 0.2) is 53.6 Å². The number of benzene rings is 2. The predicted molar refractivity (Wildman–Crippen MR) is 146 cm³/mol. The van der Waals surface area contributed by atoms with Crippen LogP contribution in [0.4, 0.5) is 10.5 Å². The Morgan fingerprint density at radius 2 is 1.89 bits per heavy atom. The first kappa shape index (κ1) is 24.7. The van der Waals surface area contributed by atoms with Crippen molar-refractivity contribution < 1.29 is 14.4 Å².